The molecule has 6 heteroatoms. The Morgan fingerprint density at radius 2 is 1.92 bits per heavy atom. The molecule has 1 atom stereocenters. The van der Waals surface area contributed by atoms with Crippen LogP contribution in [0.1, 0.15) is 22.8 Å². The van der Waals surface area contributed by atoms with Crippen molar-refractivity contribution in [3.05, 3.63) is 65.5 Å². The van der Waals surface area contributed by atoms with Crippen LogP contribution in [0.5, 0.6) is 0 Å². The van der Waals surface area contributed by atoms with Crippen molar-refractivity contribution >= 4 is 17.5 Å². The molecule has 0 fully saturated rings. The van der Waals surface area contributed by atoms with Crippen molar-refractivity contribution in [3.63, 3.8) is 0 Å². The summed E-state index contributed by atoms with van der Waals surface area (Å²) in [6.45, 7) is 2.46. The third kappa shape index (κ3) is 5.39. The summed E-state index contributed by atoms with van der Waals surface area (Å²) in [4.78, 5) is 24.6. The van der Waals surface area contributed by atoms with Gasteiger partial charge >= 0.3 is 0 Å². The molecule has 5 nitrogen and oxygen atoms in total. The first-order valence-corrected chi connectivity index (χ1v) is 8.14. The second-order valence-electron chi connectivity index (χ2n) is 5.81. The molecule has 4 N–H and O–H groups in total. The second-order valence-corrected chi connectivity index (χ2v) is 5.81. The Kier molecular flexibility index (Phi) is 6.65. The van der Waals surface area contributed by atoms with Crippen molar-refractivity contribution in [2.45, 2.75) is 13.3 Å². The molecule has 0 bridgehead atoms. The number of anilines is 1. The number of nitrogens with one attached hydrogen (secondary N) is 2. The van der Waals surface area contributed by atoms with Crippen molar-refractivity contribution in [1.29, 1.82) is 0 Å². The highest BCUT2D eigenvalue weighted by Gasteiger charge is 2.17. The molecule has 132 valence electrons. The molecule has 0 saturated heterocycles. The number of nitrogens with two attached hydrogens (primary N) is 1. The van der Waals surface area contributed by atoms with Crippen molar-refractivity contribution in [2.75, 3.05) is 18.4 Å². The van der Waals surface area contributed by atoms with Gasteiger partial charge in [0.1, 0.15) is 5.82 Å². The maximum Gasteiger partial charge on any atom is 0.253 e. The predicted molar refractivity (Wildman–Crippen MR) is 95.7 cm³/mol. The lowest BCUT2D eigenvalue weighted by molar-refractivity contribution is -0.119. The number of hydrogen-bond acceptors (Lipinski definition) is 3. The van der Waals surface area contributed by atoms with E-state index in [0.29, 0.717) is 30.8 Å². The molecule has 0 radical (unpaired) electrons. The highest BCUT2D eigenvalue weighted by atomic mass is 19.1. The Balaban J connectivity index is 2.05. The molecule has 0 aliphatic heterocycles. The minimum absolute atomic E-state index is 0.233. The van der Waals surface area contributed by atoms with Crippen LogP contribution in [0, 0.1) is 11.7 Å². The third-order valence-corrected chi connectivity index (χ3v) is 3.74. The van der Waals surface area contributed by atoms with Crippen LogP contribution in [0.15, 0.2) is 48.5 Å². The lowest BCUT2D eigenvalue weighted by atomic mass is 10.00. The van der Waals surface area contributed by atoms with Crippen LogP contribution in [0.4, 0.5) is 10.1 Å². The highest BCUT2D eigenvalue weighted by molar-refractivity contribution is 6.04. The summed E-state index contributed by atoms with van der Waals surface area (Å²) < 4.78 is 13.3. The quantitative estimate of drug-likeness (QED) is 0.721. The average Bonchev–Trinajstić information content (AvgIpc) is 2.60. The van der Waals surface area contributed by atoms with Gasteiger partial charge in [-0.15, -0.1) is 0 Å². The fourth-order valence-electron chi connectivity index (χ4n) is 2.44. The van der Waals surface area contributed by atoms with Gasteiger partial charge in [-0.1, -0.05) is 31.2 Å². The monoisotopic (exact) mass is 343 g/mol. The molecule has 0 saturated carbocycles. The number of rotatable bonds is 7. The summed E-state index contributed by atoms with van der Waals surface area (Å²) in [5, 5.41) is 5.46. The van der Waals surface area contributed by atoms with E-state index in [1.165, 1.54) is 12.1 Å². The molecule has 0 aliphatic carbocycles. The van der Waals surface area contributed by atoms with Crippen LogP contribution in [-0.2, 0) is 11.2 Å². The number of halogens is 1. The maximum atomic E-state index is 13.3. The molecule has 0 spiro atoms. The van der Waals surface area contributed by atoms with Gasteiger partial charge in [0.25, 0.3) is 5.91 Å². The van der Waals surface area contributed by atoms with Gasteiger partial charge in [0.05, 0.1) is 11.3 Å². The van der Waals surface area contributed by atoms with E-state index >= 15 is 0 Å². The van der Waals surface area contributed by atoms with Crippen LogP contribution >= 0.6 is 0 Å². The zero-order valence-corrected chi connectivity index (χ0v) is 14.1. The van der Waals surface area contributed by atoms with Crippen molar-refractivity contribution < 1.29 is 14.0 Å². The normalized spacial score (nSPS) is 11.6. The van der Waals surface area contributed by atoms with E-state index in [1.54, 1.807) is 43.3 Å². The SMILES string of the molecule is CC(Cc1cccc(F)c1)C(=O)Nc1ccccc1C(=O)NCCN. The topological polar surface area (TPSA) is 84.2 Å². The summed E-state index contributed by atoms with van der Waals surface area (Å²) >= 11 is 0. The van der Waals surface area contributed by atoms with Crippen LogP contribution in [0.2, 0.25) is 0 Å². The Bertz CT molecular complexity index is 749. The Morgan fingerprint density at radius 1 is 1.16 bits per heavy atom. The summed E-state index contributed by atoms with van der Waals surface area (Å²) in [5.74, 6) is -1.23. The number of carbonyl (C=O) groups is 2. The number of para-hydroxylation sites is 1. The lowest BCUT2D eigenvalue weighted by Crippen LogP contribution is -2.30. The van der Waals surface area contributed by atoms with Crippen LogP contribution in [0.25, 0.3) is 0 Å². The standard InChI is InChI=1S/C19H22FN3O2/c1-13(11-14-5-4-6-15(20)12-14)18(24)23-17-8-3-2-7-16(17)19(25)22-10-9-21/h2-8,12-13H,9-11,21H2,1H3,(H,22,25)(H,23,24). The lowest BCUT2D eigenvalue weighted by Gasteiger charge is -2.15. The molecule has 2 aromatic carbocycles. The summed E-state index contributed by atoms with van der Waals surface area (Å²) in [6.07, 6.45) is 0.408. The summed E-state index contributed by atoms with van der Waals surface area (Å²) in [6, 6.07) is 13.0. The van der Waals surface area contributed by atoms with E-state index < -0.39 is 0 Å². The van der Waals surface area contributed by atoms with Gasteiger partial charge in [0, 0.05) is 19.0 Å². The molecule has 0 heterocycles. The van der Waals surface area contributed by atoms with Crippen LogP contribution in [0.3, 0.4) is 0 Å². The second kappa shape index (κ2) is 8.94. The highest BCUT2D eigenvalue weighted by Crippen LogP contribution is 2.17. The van der Waals surface area contributed by atoms with Gasteiger partial charge in [-0.05, 0) is 36.2 Å². The Morgan fingerprint density at radius 3 is 2.64 bits per heavy atom. The third-order valence-electron chi connectivity index (χ3n) is 3.74. The van der Waals surface area contributed by atoms with E-state index in [9.17, 15) is 14.0 Å². The van der Waals surface area contributed by atoms with Crippen LogP contribution < -0.4 is 16.4 Å². The smallest absolute Gasteiger partial charge is 0.253 e. The predicted octanol–water partition coefficient (Wildman–Crippen LogP) is 2.33. The first-order valence-electron chi connectivity index (χ1n) is 8.14. The zero-order valence-electron chi connectivity index (χ0n) is 14.1. The number of hydrogen-bond donors (Lipinski definition) is 3. The number of carbonyl (C=O) groups excluding carboxylic acids is 2. The minimum Gasteiger partial charge on any atom is -0.351 e. The summed E-state index contributed by atoms with van der Waals surface area (Å²) in [7, 11) is 0. The average molecular weight is 343 g/mol. The minimum atomic E-state index is -0.373. The van der Waals surface area contributed by atoms with Crippen molar-refractivity contribution in [2.24, 2.45) is 11.7 Å². The van der Waals surface area contributed by atoms with Gasteiger partial charge in [0.15, 0.2) is 0 Å². The molecule has 1 unspecified atom stereocenters. The molecule has 2 aromatic rings. The van der Waals surface area contributed by atoms with Crippen molar-refractivity contribution in [3.8, 4) is 0 Å². The van der Waals surface area contributed by atoms with Gasteiger partial charge in [-0.3, -0.25) is 9.59 Å². The van der Waals surface area contributed by atoms with Gasteiger partial charge in [-0.25, -0.2) is 4.39 Å². The molecule has 2 amide bonds. The molecule has 25 heavy (non-hydrogen) atoms. The number of amides is 2. The van der Waals surface area contributed by atoms with Gasteiger partial charge < -0.3 is 16.4 Å². The van der Waals surface area contributed by atoms with E-state index in [1.807, 2.05) is 0 Å². The Hall–Kier alpha value is -2.73. The first kappa shape index (κ1) is 18.6. The number of benzene rings is 2. The Labute approximate surface area is 146 Å². The fraction of sp³-hybridized carbons (Fsp3) is 0.263. The summed E-state index contributed by atoms with van der Waals surface area (Å²) in [5.41, 5.74) is 6.95. The molecule has 0 aromatic heterocycles. The van der Waals surface area contributed by atoms with Crippen molar-refractivity contribution in [1.82, 2.24) is 5.32 Å². The molecular formula is C19H22FN3O2. The largest absolute Gasteiger partial charge is 0.351 e. The molecular weight excluding hydrogens is 321 g/mol. The van der Waals surface area contributed by atoms with Crippen LogP contribution in [-0.4, -0.2) is 24.9 Å². The fourth-order valence-corrected chi connectivity index (χ4v) is 2.44. The van der Waals surface area contributed by atoms with E-state index in [-0.39, 0.29) is 23.5 Å². The van der Waals surface area contributed by atoms with Gasteiger partial charge in [0.2, 0.25) is 5.91 Å². The van der Waals surface area contributed by atoms with E-state index in [0.717, 1.165) is 5.56 Å². The van der Waals surface area contributed by atoms with Gasteiger partial charge in [-0.2, -0.15) is 0 Å². The zero-order chi connectivity index (χ0) is 18.2. The van der Waals surface area contributed by atoms with E-state index in [2.05, 4.69) is 10.6 Å². The first-order chi connectivity index (χ1) is 12.0. The molecule has 2 rings (SSSR count). The molecule has 0 aliphatic rings. The van der Waals surface area contributed by atoms with E-state index in [4.69, 9.17) is 5.73 Å². The maximum absolute atomic E-state index is 13.3.